The van der Waals surface area contributed by atoms with Crippen molar-refractivity contribution in [3.8, 4) is 0 Å². The number of nitrogens with one attached hydrogen (secondary N) is 2. The second-order valence-electron chi connectivity index (χ2n) is 8.10. The Bertz CT molecular complexity index is 1140. The van der Waals surface area contributed by atoms with Crippen LogP contribution in [-0.2, 0) is 6.54 Å². The lowest BCUT2D eigenvalue weighted by Gasteiger charge is -2.24. The molecule has 0 radical (unpaired) electrons. The second-order valence-corrected chi connectivity index (χ2v) is 8.51. The Labute approximate surface area is 187 Å². The summed E-state index contributed by atoms with van der Waals surface area (Å²) in [5.41, 5.74) is 3.87. The lowest BCUT2D eigenvalue weighted by Crippen LogP contribution is -2.37. The number of urea groups is 1. The molecular formula is C24H29ClN4O2. The molecule has 0 spiro atoms. The molecule has 164 valence electrons. The molecule has 6 nitrogen and oxygen atoms in total. The van der Waals surface area contributed by atoms with Gasteiger partial charge in [-0.3, -0.25) is 4.79 Å². The van der Waals surface area contributed by atoms with Crippen molar-refractivity contribution in [1.29, 1.82) is 0 Å². The summed E-state index contributed by atoms with van der Waals surface area (Å²) in [6, 6.07) is 12.8. The van der Waals surface area contributed by atoms with Crippen molar-refractivity contribution in [2.24, 2.45) is 0 Å². The largest absolute Gasteiger partial charge is 0.322 e. The number of fused-ring (bicyclic) bond motifs is 1. The van der Waals surface area contributed by atoms with Crippen LogP contribution in [0.2, 0.25) is 5.02 Å². The highest BCUT2D eigenvalue weighted by molar-refractivity contribution is 6.33. The molecule has 0 saturated carbocycles. The molecule has 7 heteroatoms. The highest BCUT2D eigenvalue weighted by Crippen LogP contribution is 2.22. The van der Waals surface area contributed by atoms with Crippen LogP contribution >= 0.6 is 11.6 Å². The number of benzene rings is 2. The van der Waals surface area contributed by atoms with E-state index in [1.807, 2.05) is 58.3 Å². The molecule has 2 aromatic carbocycles. The molecule has 0 bridgehead atoms. The molecule has 0 aliphatic rings. The smallest absolute Gasteiger partial charge is 0.321 e. The van der Waals surface area contributed by atoms with E-state index < -0.39 is 0 Å². The SMILES string of the molecule is Cc1ccc(C)c2[nH]c(=O)c(CN(CCCN(C)C)C(=O)Nc3ccccc3Cl)cc12. The van der Waals surface area contributed by atoms with Crippen molar-refractivity contribution in [2.45, 2.75) is 26.8 Å². The van der Waals surface area contributed by atoms with Crippen LogP contribution in [0.3, 0.4) is 0 Å². The van der Waals surface area contributed by atoms with E-state index in [1.54, 1.807) is 17.0 Å². The van der Waals surface area contributed by atoms with Gasteiger partial charge in [-0.1, -0.05) is 35.9 Å². The Morgan fingerprint density at radius 1 is 1.06 bits per heavy atom. The Morgan fingerprint density at radius 2 is 1.77 bits per heavy atom. The monoisotopic (exact) mass is 440 g/mol. The van der Waals surface area contributed by atoms with Crippen LogP contribution in [0.4, 0.5) is 10.5 Å². The van der Waals surface area contributed by atoms with Crippen LogP contribution < -0.4 is 10.9 Å². The first-order chi connectivity index (χ1) is 14.8. The fourth-order valence-corrected chi connectivity index (χ4v) is 3.71. The number of hydrogen-bond donors (Lipinski definition) is 2. The van der Waals surface area contributed by atoms with Crippen molar-refractivity contribution in [1.82, 2.24) is 14.8 Å². The summed E-state index contributed by atoms with van der Waals surface area (Å²) in [5.74, 6) is 0. The molecule has 0 unspecified atom stereocenters. The number of anilines is 1. The number of carbonyl (C=O) groups excluding carboxylic acids is 1. The fraction of sp³-hybridized carbons (Fsp3) is 0.333. The summed E-state index contributed by atoms with van der Waals surface area (Å²) in [5, 5.41) is 4.34. The number of pyridine rings is 1. The maximum absolute atomic E-state index is 13.1. The number of carbonyl (C=O) groups is 1. The van der Waals surface area contributed by atoms with E-state index in [2.05, 4.69) is 15.2 Å². The maximum Gasteiger partial charge on any atom is 0.322 e. The van der Waals surface area contributed by atoms with Gasteiger partial charge >= 0.3 is 6.03 Å². The van der Waals surface area contributed by atoms with E-state index in [1.165, 1.54) is 0 Å². The van der Waals surface area contributed by atoms with Crippen LogP contribution in [0.1, 0.15) is 23.1 Å². The van der Waals surface area contributed by atoms with E-state index in [-0.39, 0.29) is 18.1 Å². The summed E-state index contributed by atoms with van der Waals surface area (Å²) in [6.07, 6.45) is 0.784. The van der Waals surface area contributed by atoms with E-state index in [0.717, 1.165) is 35.0 Å². The van der Waals surface area contributed by atoms with Crippen LogP contribution in [0, 0.1) is 13.8 Å². The molecule has 0 fully saturated rings. The van der Waals surface area contributed by atoms with Gasteiger partial charge in [-0.2, -0.15) is 0 Å². The Balaban J connectivity index is 1.89. The zero-order valence-electron chi connectivity index (χ0n) is 18.5. The zero-order valence-corrected chi connectivity index (χ0v) is 19.2. The molecule has 3 aromatic rings. The Morgan fingerprint density at radius 3 is 2.48 bits per heavy atom. The van der Waals surface area contributed by atoms with Crippen molar-refractivity contribution >= 4 is 34.2 Å². The van der Waals surface area contributed by atoms with Crippen LogP contribution in [0.5, 0.6) is 0 Å². The summed E-state index contributed by atoms with van der Waals surface area (Å²) >= 11 is 6.21. The first-order valence-electron chi connectivity index (χ1n) is 10.3. The minimum Gasteiger partial charge on any atom is -0.321 e. The van der Waals surface area contributed by atoms with E-state index in [9.17, 15) is 9.59 Å². The predicted octanol–water partition coefficient (Wildman–Crippen LogP) is 4.78. The molecule has 0 saturated heterocycles. The van der Waals surface area contributed by atoms with Gasteiger partial charge in [0.15, 0.2) is 0 Å². The van der Waals surface area contributed by atoms with Gasteiger partial charge in [0.2, 0.25) is 0 Å². The highest BCUT2D eigenvalue weighted by Gasteiger charge is 2.18. The van der Waals surface area contributed by atoms with Gasteiger partial charge in [0.25, 0.3) is 5.56 Å². The molecule has 0 atom stereocenters. The molecule has 3 rings (SSSR count). The molecule has 31 heavy (non-hydrogen) atoms. The van der Waals surface area contributed by atoms with Gasteiger partial charge in [0.05, 0.1) is 22.8 Å². The van der Waals surface area contributed by atoms with Gasteiger partial charge < -0.3 is 20.1 Å². The minimum absolute atomic E-state index is 0.177. The number of halogens is 1. The Hall–Kier alpha value is -2.83. The van der Waals surface area contributed by atoms with E-state index in [0.29, 0.717) is 22.8 Å². The lowest BCUT2D eigenvalue weighted by atomic mass is 10.0. The van der Waals surface area contributed by atoms with Crippen LogP contribution in [0.15, 0.2) is 47.3 Å². The summed E-state index contributed by atoms with van der Waals surface area (Å²) in [6.45, 7) is 5.55. The third kappa shape index (κ3) is 5.66. The van der Waals surface area contributed by atoms with Gasteiger partial charge in [-0.05, 0) is 70.2 Å². The van der Waals surface area contributed by atoms with Crippen molar-refractivity contribution in [3.63, 3.8) is 0 Å². The van der Waals surface area contributed by atoms with E-state index >= 15 is 0 Å². The molecule has 2 N–H and O–H groups in total. The number of aromatic amines is 1. The maximum atomic E-state index is 13.1. The van der Waals surface area contributed by atoms with Gasteiger partial charge in [0, 0.05) is 17.5 Å². The molecule has 1 aromatic heterocycles. The number of amides is 2. The normalized spacial score (nSPS) is 11.2. The average Bonchev–Trinajstić information content (AvgIpc) is 2.72. The number of nitrogens with zero attached hydrogens (tertiary/aromatic N) is 2. The number of rotatable bonds is 7. The molecule has 0 aliphatic heterocycles. The topological polar surface area (TPSA) is 68.4 Å². The molecule has 1 heterocycles. The fourth-order valence-electron chi connectivity index (χ4n) is 3.53. The van der Waals surface area contributed by atoms with Gasteiger partial charge in [0.1, 0.15) is 0 Å². The quantitative estimate of drug-likeness (QED) is 0.555. The standard InChI is InChI=1S/C24H29ClN4O2/c1-16-10-11-17(2)22-19(16)14-18(23(30)27-22)15-29(13-7-12-28(3)4)24(31)26-21-9-6-5-8-20(21)25/h5-6,8-11,14H,7,12-13,15H2,1-4H3,(H,26,31)(H,27,30). The zero-order chi connectivity index (χ0) is 22.5. The molecule has 2 amide bonds. The lowest BCUT2D eigenvalue weighted by molar-refractivity contribution is 0.205. The highest BCUT2D eigenvalue weighted by atomic mass is 35.5. The first kappa shape index (κ1) is 22.8. The van der Waals surface area contributed by atoms with Crippen molar-refractivity contribution in [2.75, 3.05) is 32.5 Å². The molecule has 0 aliphatic carbocycles. The minimum atomic E-state index is -0.285. The first-order valence-corrected chi connectivity index (χ1v) is 10.7. The number of H-pyrrole nitrogens is 1. The number of aryl methyl sites for hydroxylation is 2. The average molecular weight is 441 g/mol. The second kappa shape index (κ2) is 9.98. The Kier molecular flexibility index (Phi) is 7.36. The van der Waals surface area contributed by atoms with Crippen LogP contribution in [0.25, 0.3) is 10.9 Å². The van der Waals surface area contributed by atoms with Crippen LogP contribution in [-0.4, -0.2) is 48.0 Å². The van der Waals surface area contributed by atoms with Crippen molar-refractivity contribution < 1.29 is 4.79 Å². The third-order valence-corrected chi connectivity index (χ3v) is 5.65. The van der Waals surface area contributed by atoms with Crippen molar-refractivity contribution in [3.05, 3.63) is 74.5 Å². The third-order valence-electron chi connectivity index (χ3n) is 5.32. The predicted molar refractivity (Wildman–Crippen MR) is 128 cm³/mol. The summed E-state index contributed by atoms with van der Waals surface area (Å²) < 4.78 is 0. The number of para-hydroxylation sites is 1. The summed E-state index contributed by atoms with van der Waals surface area (Å²) in [4.78, 5) is 32.6. The van der Waals surface area contributed by atoms with Gasteiger partial charge in [-0.25, -0.2) is 4.79 Å². The number of aromatic nitrogens is 1. The van der Waals surface area contributed by atoms with E-state index in [4.69, 9.17) is 11.6 Å². The molecular weight excluding hydrogens is 412 g/mol. The summed E-state index contributed by atoms with van der Waals surface area (Å²) in [7, 11) is 3.99. The number of hydrogen-bond acceptors (Lipinski definition) is 3. The van der Waals surface area contributed by atoms with Gasteiger partial charge in [-0.15, -0.1) is 0 Å².